The molecule has 1 aliphatic rings. The van der Waals surface area contributed by atoms with E-state index in [0.717, 1.165) is 0 Å². The summed E-state index contributed by atoms with van der Waals surface area (Å²) in [6, 6.07) is 0. The Bertz CT molecular complexity index is 282. The molecule has 0 fully saturated rings. The quantitative estimate of drug-likeness (QED) is 0.541. The molecule has 0 radical (unpaired) electrons. The van der Waals surface area contributed by atoms with Crippen LogP contribution in [0.4, 0.5) is 0 Å². The maximum Gasteiger partial charge on any atom is 0.194 e. The second-order valence-electron chi connectivity index (χ2n) is 1.81. The van der Waals surface area contributed by atoms with Gasteiger partial charge >= 0.3 is 0 Å². The van der Waals surface area contributed by atoms with Crippen molar-refractivity contribution in [3.05, 3.63) is 21.5 Å². The van der Waals surface area contributed by atoms with E-state index >= 15 is 0 Å². The van der Waals surface area contributed by atoms with Crippen molar-refractivity contribution in [1.82, 2.24) is 0 Å². The summed E-state index contributed by atoms with van der Waals surface area (Å²) in [7, 11) is 1.25. The minimum Gasteiger partial charge on any atom is -0.289 e. The Balaban J connectivity index is 2.98. The minimum absolute atomic E-state index is 0.115. The zero-order valence-corrected chi connectivity index (χ0v) is 9.70. The first-order chi connectivity index (χ1) is 5.15. The molecule has 0 N–H and O–H groups in total. The van der Waals surface area contributed by atoms with E-state index in [0.29, 0.717) is 9.39 Å². The molecule has 0 bridgehead atoms. The smallest absolute Gasteiger partial charge is 0.194 e. The van der Waals surface area contributed by atoms with Gasteiger partial charge in [0.1, 0.15) is 0 Å². The van der Waals surface area contributed by atoms with Crippen molar-refractivity contribution in [1.29, 1.82) is 0 Å². The van der Waals surface area contributed by atoms with Gasteiger partial charge in [-0.15, -0.1) is 0 Å². The van der Waals surface area contributed by atoms with Gasteiger partial charge in [0.15, 0.2) is 11.6 Å². The number of allylic oxidation sites excluding steroid dienone is 4. The standard InChI is InChI=1S/C6H2BrIO2S/c7-3-1-5(10)6(11-8)2-4(3)9/h1-2H. The largest absolute Gasteiger partial charge is 0.289 e. The minimum atomic E-state index is -0.149. The number of carbonyl (C=O) groups excluding carboxylic acids is 2. The number of hydrogen-bond donors (Lipinski definition) is 0. The zero-order valence-electron chi connectivity index (χ0n) is 5.14. The summed E-state index contributed by atoms with van der Waals surface area (Å²) >= 11 is 4.95. The molecule has 0 heterocycles. The van der Waals surface area contributed by atoms with Crippen molar-refractivity contribution in [2.45, 2.75) is 0 Å². The van der Waals surface area contributed by atoms with Crippen LogP contribution in [-0.2, 0) is 9.59 Å². The Morgan fingerprint density at radius 3 is 2.45 bits per heavy atom. The monoisotopic (exact) mass is 344 g/mol. The third kappa shape index (κ3) is 2.16. The van der Waals surface area contributed by atoms with Gasteiger partial charge in [-0.05, 0) is 24.9 Å². The zero-order chi connectivity index (χ0) is 8.43. The summed E-state index contributed by atoms with van der Waals surface area (Å²) in [4.78, 5) is 22.5. The van der Waals surface area contributed by atoms with Gasteiger partial charge in [-0.3, -0.25) is 9.59 Å². The summed E-state index contributed by atoms with van der Waals surface area (Å²) in [6.45, 7) is 0. The van der Waals surface area contributed by atoms with Gasteiger partial charge in [0.25, 0.3) is 0 Å². The van der Waals surface area contributed by atoms with Gasteiger partial charge in [-0.2, -0.15) is 0 Å². The van der Waals surface area contributed by atoms with Crippen LogP contribution in [0.15, 0.2) is 21.5 Å². The molecule has 0 spiro atoms. The SMILES string of the molecule is O=C1C=C(SI)C(=O)C=C1Br. The van der Waals surface area contributed by atoms with Crippen molar-refractivity contribution in [2.75, 3.05) is 0 Å². The number of carbonyl (C=O) groups is 2. The molecule has 0 saturated heterocycles. The first-order valence-electron chi connectivity index (χ1n) is 2.61. The molecule has 0 unspecified atom stereocenters. The van der Waals surface area contributed by atoms with Gasteiger partial charge in [-0.25, -0.2) is 0 Å². The molecule has 0 atom stereocenters. The van der Waals surface area contributed by atoms with Gasteiger partial charge < -0.3 is 0 Å². The van der Waals surface area contributed by atoms with Crippen molar-refractivity contribution in [2.24, 2.45) is 0 Å². The van der Waals surface area contributed by atoms with Crippen LogP contribution in [0.3, 0.4) is 0 Å². The van der Waals surface area contributed by atoms with Crippen LogP contribution in [0.5, 0.6) is 0 Å². The highest BCUT2D eigenvalue weighted by molar-refractivity contribution is 14.2. The molecule has 1 aliphatic carbocycles. The van der Waals surface area contributed by atoms with Gasteiger partial charge in [0.05, 0.1) is 9.39 Å². The maximum absolute atomic E-state index is 11.0. The number of halogens is 2. The molecule has 0 aromatic rings. The highest BCUT2D eigenvalue weighted by atomic mass is 127. The van der Waals surface area contributed by atoms with E-state index in [1.807, 2.05) is 21.2 Å². The van der Waals surface area contributed by atoms with Crippen LogP contribution in [-0.4, -0.2) is 11.6 Å². The summed E-state index contributed by atoms with van der Waals surface area (Å²) in [6.07, 6.45) is 2.63. The maximum atomic E-state index is 11.0. The molecule has 0 aromatic heterocycles. The van der Waals surface area contributed by atoms with Crippen LogP contribution in [0.1, 0.15) is 0 Å². The van der Waals surface area contributed by atoms with E-state index < -0.39 is 0 Å². The normalized spacial score (nSPS) is 18.0. The second-order valence-corrected chi connectivity index (χ2v) is 4.58. The fourth-order valence-electron chi connectivity index (χ4n) is 0.577. The Morgan fingerprint density at radius 2 is 1.91 bits per heavy atom. The summed E-state index contributed by atoms with van der Waals surface area (Å²) in [5, 5.41) is 0. The summed E-state index contributed by atoms with van der Waals surface area (Å²) in [5.74, 6) is -0.264. The highest BCUT2D eigenvalue weighted by Gasteiger charge is 2.17. The van der Waals surface area contributed by atoms with E-state index in [-0.39, 0.29) is 11.6 Å². The Hall–Kier alpha value is 0.380. The lowest BCUT2D eigenvalue weighted by atomic mass is 10.2. The second kappa shape index (κ2) is 3.86. The molecule has 0 aromatic carbocycles. The number of ketones is 2. The molecular formula is C6H2BrIO2S. The fourth-order valence-corrected chi connectivity index (χ4v) is 2.22. The summed E-state index contributed by atoms with van der Waals surface area (Å²) < 4.78 is 0.330. The Labute approximate surface area is 88.2 Å². The molecule has 0 saturated carbocycles. The molecule has 0 aliphatic heterocycles. The molecule has 2 nitrogen and oxygen atoms in total. The lowest BCUT2D eigenvalue weighted by molar-refractivity contribution is -0.114. The topological polar surface area (TPSA) is 34.1 Å². The first-order valence-corrected chi connectivity index (χ1v) is 6.76. The predicted molar refractivity (Wildman–Crippen MR) is 56.7 cm³/mol. The van der Waals surface area contributed by atoms with Gasteiger partial charge in [-0.1, -0.05) is 0 Å². The van der Waals surface area contributed by atoms with E-state index in [4.69, 9.17) is 0 Å². The van der Waals surface area contributed by atoms with Crippen LogP contribution in [0.25, 0.3) is 0 Å². The van der Waals surface area contributed by atoms with Crippen molar-refractivity contribution >= 4 is 57.6 Å². The van der Waals surface area contributed by atoms with Crippen LogP contribution < -0.4 is 0 Å². The van der Waals surface area contributed by atoms with E-state index in [1.54, 1.807) is 0 Å². The average molecular weight is 345 g/mol. The lowest BCUT2D eigenvalue weighted by Gasteiger charge is -2.03. The average Bonchev–Trinajstić information content (AvgIpc) is 1.97. The Morgan fingerprint density at radius 1 is 1.27 bits per heavy atom. The molecule has 58 valence electrons. The van der Waals surface area contributed by atoms with E-state index in [1.165, 1.54) is 21.1 Å². The van der Waals surface area contributed by atoms with Crippen molar-refractivity contribution in [3.8, 4) is 0 Å². The summed E-state index contributed by atoms with van der Waals surface area (Å²) in [5.41, 5.74) is 0. The molecule has 0 amide bonds. The van der Waals surface area contributed by atoms with E-state index in [9.17, 15) is 9.59 Å². The van der Waals surface area contributed by atoms with Crippen LogP contribution >= 0.6 is 46.1 Å². The van der Waals surface area contributed by atoms with Crippen molar-refractivity contribution < 1.29 is 9.59 Å². The lowest BCUT2D eigenvalue weighted by Crippen LogP contribution is -2.07. The van der Waals surface area contributed by atoms with E-state index in [2.05, 4.69) is 15.9 Å². The highest BCUT2D eigenvalue weighted by Crippen LogP contribution is 2.29. The number of rotatable bonds is 1. The fraction of sp³-hybridized carbons (Fsp3) is 0. The molecule has 11 heavy (non-hydrogen) atoms. The third-order valence-corrected chi connectivity index (χ3v) is 3.61. The molecule has 5 heteroatoms. The van der Waals surface area contributed by atoms with Gasteiger partial charge in [0.2, 0.25) is 0 Å². The van der Waals surface area contributed by atoms with Crippen LogP contribution in [0, 0.1) is 0 Å². The number of hydrogen-bond acceptors (Lipinski definition) is 3. The first kappa shape index (κ1) is 9.47. The predicted octanol–water partition coefficient (Wildman–Crippen LogP) is 2.38. The van der Waals surface area contributed by atoms with Crippen LogP contribution in [0.2, 0.25) is 0 Å². The molecular weight excluding hydrogens is 343 g/mol. The van der Waals surface area contributed by atoms with Gasteiger partial charge in [0, 0.05) is 33.4 Å². The van der Waals surface area contributed by atoms with Crippen molar-refractivity contribution in [3.63, 3.8) is 0 Å². The third-order valence-electron chi connectivity index (χ3n) is 1.08. The Kier molecular flexibility index (Phi) is 3.32. The molecule has 1 rings (SSSR count).